The van der Waals surface area contributed by atoms with Crippen molar-refractivity contribution in [3.63, 3.8) is 0 Å². The van der Waals surface area contributed by atoms with Crippen molar-refractivity contribution in [3.05, 3.63) is 48.8 Å². The number of anilines is 1. The summed E-state index contributed by atoms with van der Waals surface area (Å²) in [6, 6.07) is 12.0. The fourth-order valence-electron chi connectivity index (χ4n) is 2.12. The molecule has 2 aromatic heterocycles. The third-order valence-electron chi connectivity index (χ3n) is 3.16. The second-order valence-corrected chi connectivity index (χ2v) is 4.27. The van der Waals surface area contributed by atoms with E-state index in [0.29, 0.717) is 0 Å². The van der Waals surface area contributed by atoms with Crippen molar-refractivity contribution in [2.24, 2.45) is 0 Å². The molecule has 4 heteroatoms. The molecule has 0 bridgehead atoms. The lowest BCUT2D eigenvalue weighted by Gasteiger charge is -2.06. The van der Waals surface area contributed by atoms with Gasteiger partial charge in [-0.15, -0.1) is 0 Å². The summed E-state index contributed by atoms with van der Waals surface area (Å²) >= 11 is 0. The van der Waals surface area contributed by atoms with Gasteiger partial charge in [-0.25, -0.2) is 4.98 Å². The van der Waals surface area contributed by atoms with Gasteiger partial charge in [0.05, 0.1) is 24.7 Å². The summed E-state index contributed by atoms with van der Waals surface area (Å²) in [5.41, 5.74) is 4.11. The van der Waals surface area contributed by atoms with Crippen molar-refractivity contribution in [2.75, 3.05) is 19.5 Å². The number of fused-ring (bicyclic) bond motifs is 1. The molecule has 0 amide bonds. The Morgan fingerprint density at radius 3 is 2.89 bits per heavy atom. The molecule has 0 saturated carbocycles. The summed E-state index contributed by atoms with van der Waals surface area (Å²) in [7, 11) is 3.58. The fourth-order valence-corrected chi connectivity index (χ4v) is 2.12. The Morgan fingerprint density at radius 1 is 1.21 bits per heavy atom. The molecular weight excluding hydrogens is 238 g/mol. The van der Waals surface area contributed by atoms with Gasteiger partial charge in [-0.05, 0) is 24.3 Å². The van der Waals surface area contributed by atoms with E-state index in [0.717, 1.165) is 28.3 Å². The minimum Gasteiger partial charge on any atom is -0.497 e. The zero-order valence-electron chi connectivity index (χ0n) is 10.9. The van der Waals surface area contributed by atoms with Gasteiger partial charge in [0.2, 0.25) is 0 Å². The minimum atomic E-state index is 0.845. The van der Waals surface area contributed by atoms with Gasteiger partial charge in [-0.3, -0.25) is 4.40 Å². The van der Waals surface area contributed by atoms with Gasteiger partial charge in [-0.1, -0.05) is 12.1 Å². The molecule has 2 heterocycles. The predicted molar refractivity (Wildman–Crippen MR) is 76.7 cm³/mol. The summed E-state index contributed by atoms with van der Waals surface area (Å²) in [6.45, 7) is 0. The number of aromatic nitrogens is 2. The van der Waals surface area contributed by atoms with Crippen LogP contribution in [0.15, 0.2) is 48.8 Å². The first-order chi connectivity index (χ1) is 9.31. The molecule has 0 aliphatic rings. The van der Waals surface area contributed by atoms with E-state index in [1.807, 2.05) is 49.8 Å². The number of hydrogen-bond acceptors (Lipinski definition) is 3. The maximum atomic E-state index is 5.27. The SMILES string of the molecule is CNc1ccc2ncc(-c3cccc(OC)c3)n2c1. The summed E-state index contributed by atoms with van der Waals surface area (Å²) < 4.78 is 7.34. The maximum Gasteiger partial charge on any atom is 0.137 e. The number of nitrogens with zero attached hydrogens (tertiary/aromatic N) is 2. The molecule has 0 atom stereocenters. The molecule has 0 radical (unpaired) electrons. The minimum absolute atomic E-state index is 0.845. The molecule has 0 fully saturated rings. The summed E-state index contributed by atoms with van der Waals surface area (Å²) in [5.74, 6) is 0.845. The average molecular weight is 253 g/mol. The standard InChI is InChI=1S/C15H15N3O/c1-16-12-6-7-15-17-9-14(18(15)10-12)11-4-3-5-13(8-11)19-2/h3-10,16H,1-2H3. The van der Waals surface area contributed by atoms with E-state index in [1.165, 1.54) is 0 Å². The number of rotatable bonds is 3. The third kappa shape index (κ3) is 2.01. The highest BCUT2D eigenvalue weighted by atomic mass is 16.5. The van der Waals surface area contributed by atoms with Gasteiger partial charge < -0.3 is 10.1 Å². The van der Waals surface area contributed by atoms with Crippen LogP contribution in [-0.2, 0) is 0 Å². The molecule has 0 spiro atoms. The smallest absolute Gasteiger partial charge is 0.137 e. The molecule has 4 nitrogen and oxygen atoms in total. The summed E-state index contributed by atoms with van der Waals surface area (Å²) in [5, 5.41) is 3.14. The van der Waals surface area contributed by atoms with E-state index in [4.69, 9.17) is 4.74 Å². The normalized spacial score (nSPS) is 10.6. The Balaban J connectivity index is 2.18. The number of pyridine rings is 1. The zero-order chi connectivity index (χ0) is 13.2. The molecule has 19 heavy (non-hydrogen) atoms. The topological polar surface area (TPSA) is 38.6 Å². The highest BCUT2D eigenvalue weighted by molar-refractivity contribution is 5.66. The first-order valence-corrected chi connectivity index (χ1v) is 6.11. The number of methoxy groups -OCH3 is 1. The van der Waals surface area contributed by atoms with Crippen molar-refractivity contribution in [1.29, 1.82) is 0 Å². The van der Waals surface area contributed by atoms with E-state index >= 15 is 0 Å². The molecule has 0 aliphatic heterocycles. The van der Waals surface area contributed by atoms with Crippen LogP contribution in [0.2, 0.25) is 0 Å². The number of ether oxygens (including phenoxy) is 1. The van der Waals surface area contributed by atoms with Crippen LogP contribution in [0.1, 0.15) is 0 Å². The zero-order valence-corrected chi connectivity index (χ0v) is 10.9. The quantitative estimate of drug-likeness (QED) is 0.779. The highest BCUT2D eigenvalue weighted by Crippen LogP contribution is 2.25. The molecule has 96 valence electrons. The summed E-state index contributed by atoms with van der Waals surface area (Å²) in [4.78, 5) is 4.42. The average Bonchev–Trinajstić information content (AvgIpc) is 2.90. The van der Waals surface area contributed by atoms with Crippen LogP contribution in [0.3, 0.4) is 0 Å². The molecule has 3 aromatic rings. The van der Waals surface area contributed by atoms with Crippen LogP contribution in [0, 0.1) is 0 Å². The molecule has 3 rings (SSSR count). The molecular formula is C15H15N3O. The lowest BCUT2D eigenvalue weighted by atomic mass is 10.1. The van der Waals surface area contributed by atoms with Gasteiger partial charge in [0, 0.05) is 18.8 Å². The molecule has 1 N–H and O–H groups in total. The number of hydrogen-bond donors (Lipinski definition) is 1. The lowest BCUT2D eigenvalue weighted by molar-refractivity contribution is 0.415. The van der Waals surface area contributed by atoms with Crippen LogP contribution in [0.5, 0.6) is 5.75 Å². The molecule has 0 saturated heterocycles. The van der Waals surface area contributed by atoms with Crippen LogP contribution in [0.4, 0.5) is 5.69 Å². The monoisotopic (exact) mass is 253 g/mol. The van der Waals surface area contributed by atoms with Crippen molar-refractivity contribution >= 4 is 11.3 Å². The van der Waals surface area contributed by atoms with E-state index in [2.05, 4.69) is 20.8 Å². The highest BCUT2D eigenvalue weighted by Gasteiger charge is 2.07. The maximum absolute atomic E-state index is 5.27. The number of imidazole rings is 1. The fraction of sp³-hybridized carbons (Fsp3) is 0.133. The number of benzene rings is 1. The van der Waals surface area contributed by atoms with Crippen LogP contribution in [-0.4, -0.2) is 23.5 Å². The van der Waals surface area contributed by atoms with Gasteiger partial charge in [0.1, 0.15) is 11.4 Å². The molecule has 0 aliphatic carbocycles. The first kappa shape index (κ1) is 11.6. The Bertz CT molecular complexity index is 718. The van der Waals surface area contributed by atoms with Gasteiger partial charge in [0.25, 0.3) is 0 Å². The van der Waals surface area contributed by atoms with Crippen LogP contribution >= 0.6 is 0 Å². The predicted octanol–water partition coefficient (Wildman–Crippen LogP) is 3.05. The van der Waals surface area contributed by atoms with E-state index in [-0.39, 0.29) is 0 Å². The van der Waals surface area contributed by atoms with Crippen molar-refractivity contribution in [1.82, 2.24) is 9.38 Å². The Hall–Kier alpha value is -2.49. The third-order valence-corrected chi connectivity index (χ3v) is 3.16. The molecule has 1 aromatic carbocycles. The van der Waals surface area contributed by atoms with Crippen molar-refractivity contribution in [2.45, 2.75) is 0 Å². The van der Waals surface area contributed by atoms with Crippen molar-refractivity contribution < 1.29 is 4.74 Å². The summed E-state index contributed by atoms with van der Waals surface area (Å²) in [6.07, 6.45) is 3.92. The van der Waals surface area contributed by atoms with Gasteiger partial charge in [-0.2, -0.15) is 0 Å². The second-order valence-electron chi connectivity index (χ2n) is 4.27. The lowest BCUT2D eigenvalue weighted by Crippen LogP contribution is -1.93. The Labute approximate surface area is 111 Å². The second kappa shape index (κ2) is 4.65. The van der Waals surface area contributed by atoms with Gasteiger partial charge in [0.15, 0.2) is 0 Å². The van der Waals surface area contributed by atoms with Gasteiger partial charge >= 0.3 is 0 Å². The van der Waals surface area contributed by atoms with Crippen molar-refractivity contribution in [3.8, 4) is 17.0 Å². The Kier molecular flexibility index (Phi) is 2.83. The first-order valence-electron chi connectivity index (χ1n) is 6.11. The van der Waals surface area contributed by atoms with Crippen LogP contribution < -0.4 is 10.1 Å². The van der Waals surface area contributed by atoms with E-state index in [9.17, 15) is 0 Å². The van der Waals surface area contributed by atoms with E-state index < -0.39 is 0 Å². The van der Waals surface area contributed by atoms with E-state index in [1.54, 1.807) is 7.11 Å². The molecule has 0 unspecified atom stereocenters. The number of nitrogens with one attached hydrogen (secondary N) is 1. The largest absolute Gasteiger partial charge is 0.497 e. The van der Waals surface area contributed by atoms with Crippen LogP contribution in [0.25, 0.3) is 16.9 Å². The Morgan fingerprint density at radius 2 is 2.11 bits per heavy atom.